The van der Waals surface area contributed by atoms with Crippen molar-refractivity contribution in [1.29, 1.82) is 0 Å². The summed E-state index contributed by atoms with van der Waals surface area (Å²) < 4.78 is 1.61. The van der Waals surface area contributed by atoms with Gasteiger partial charge in [0.15, 0.2) is 4.32 Å². The van der Waals surface area contributed by atoms with Crippen LogP contribution >= 0.6 is 36.2 Å². The lowest BCUT2D eigenvalue weighted by Gasteiger charge is -1.91. The third-order valence-corrected chi connectivity index (χ3v) is 2.40. The lowest BCUT2D eigenvalue weighted by molar-refractivity contribution is 1.21. The van der Waals surface area contributed by atoms with Crippen LogP contribution in [0.3, 0.4) is 0 Å². The van der Waals surface area contributed by atoms with Crippen LogP contribution in [0.5, 0.6) is 0 Å². The van der Waals surface area contributed by atoms with E-state index in [9.17, 15) is 0 Å². The monoisotopic (exact) mass is 175 g/mol. The lowest BCUT2D eigenvalue weighted by atomic mass is 10.4. The largest absolute Gasteiger partial charge is 0.242 e. The molecular weight excluding hydrogens is 170 g/mol. The summed E-state index contributed by atoms with van der Waals surface area (Å²) in [5.41, 5.74) is 0. The summed E-state index contributed by atoms with van der Waals surface area (Å²) in [5, 5.41) is 0. The summed E-state index contributed by atoms with van der Waals surface area (Å²) in [6, 6.07) is 0. The van der Waals surface area contributed by atoms with E-state index in [1.807, 2.05) is 6.21 Å². The molecule has 0 aliphatic carbocycles. The molecule has 0 saturated carbocycles. The predicted molar refractivity (Wildman–Crippen MR) is 50.5 cm³/mol. The Morgan fingerprint density at radius 2 is 2.33 bits per heavy atom. The van der Waals surface area contributed by atoms with Gasteiger partial charge in [0.25, 0.3) is 0 Å². The SMILES string of the molecule is S=C1CCC=NC(=S)S1. The maximum Gasteiger partial charge on any atom is 0.164 e. The maximum absolute atomic E-state index is 4.96. The molecule has 0 bridgehead atoms. The molecule has 48 valence electrons. The van der Waals surface area contributed by atoms with E-state index in [0.29, 0.717) is 4.32 Å². The second-order valence-electron chi connectivity index (χ2n) is 1.59. The van der Waals surface area contributed by atoms with Crippen LogP contribution in [0.15, 0.2) is 4.99 Å². The Bertz CT molecular complexity index is 173. The molecule has 0 spiro atoms. The Balaban J connectivity index is 2.61. The van der Waals surface area contributed by atoms with E-state index in [1.165, 1.54) is 11.8 Å². The molecule has 0 N–H and O–H groups in total. The molecule has 0 radical (unpaired) electrons. The van der Waals surface area contributed by atoms with Crippen molar-refractivity contribution in [1.82, 2.24) is 0 Å². The number of thioether (sulfide) groups is 1. The van der Waals surface area contributed by atoms with Crippen LogP contribution < -0.4 is 0 Å². The zero-order valence-corrected chi connectivity index (χ0v) is 7.11. The van der Waals surface area contributed by atoms with E-state index >= 15 is 0 Å². The minimum absolute atomic E-state index is 0.650. The summed E-state index contributed by atoms with van der Waals surface area (Å²) in [4.78, 5) is 3.96. The number of hydrogen-bond donors (Lipinski definition) is 0. The Morgan fingerprint density at radius 3 is 3.11 bits per heavy atom. The Kier molecular flexibility index (Phi) is 2.75. The lowest BCUT2D eigenvalue weighted by Crippen LogP contribution is -1.86. The molecular formula is C5H5NS3. The van der Waals surface area contributed by atoms with Crippen LogP contribution in [0.1, 0.15) is 12.8 Å². The Labute approximate surface area is 68.9 Å². The van der Waals surface area contributed by atoms with Crippen molar-refractivity contribution in [3.8, 4) is 0 Å². The van der Waals surface area contributed by atoms with Crippen LogP contribution in [0.25, 0.3) is 0 Å². The summed E-state index contributed by atoms with van der Waals surface area (Å²) in [7, 11) is 0. The molecule has 0 aromatic rings. The molecule has 1 rings (SSSR count). The van der Waals surface area contributed by atoms with Gasteiger partial charge in [0, 0.05) is 6.21 Å². The Morgan fingerprint density at radius 1 is 1.56 bits per heavy atom. The molecule has 1 heterocycles. The van der Waals surface area contributed by atoms with E-state index in [2.05, 4.69) is 4.99 Å². The standard InChI is InChI=1S/C5H5NS3/c7-4-2-1-3-6-5(8)9-4/h3H,1-2H2. The smallest absolute Gasteiger partial charge is 0.164 e. The molecule has 9 heavy (non-hydrogen) atoms. The zero-order valence-electron chi connectivity index (χ0n) is 4.66. The van der Waals surface area contributed by atoms with Gasteiger partial charge in [-0.2, -0.15) is 0 Å². The van der Waals surface area contributed by atoms with Crippen molar-refractivity contribution in [2.75, 3.05) is 0 Å². The summed E-state index contributed by atoms with van der Waals surface area (Å²) in [5.74, 6) is 0. The molecule has 1 aliphatic heterocycles. The average Bonchev–Trinajstić information content (AvgIpc) is 1.93. The maximum atomic E-state index is 4.96. The van der Waals surface area contributed by atoms with Gasteiger partial charge < -0.3 is 0 Å². The molecule has 0 amide bonds. The topological polar surface area (TPSA) is 12.4 Å². The van der Waals surface area contributed by atoms with Gasteiger partial charge in [-0.3, -0.25) is 0 Å². The van der Waals surface area contributed by atoms with Gasteiger partial charge in [0.1, 0.15) is 0 Å². The molecule has 0 aromatic heterocycles. The molecule has 1 aliphatic rings. The first-order valence-electron chi connectivity index (χ1n) is 2.56. The van der Waals surface area contributed by atoms with Gasteiger partial charge in [0.05, 0.1) is 4.20 Å². The number of hydrogen-bond acceptors (Lipinski definition) is 3. The van der Waals surface area contributed by atoms with E-state index in [1.54, 1.807) is 0 Å². The van der Waals surface area contributed by atoms with E-state index in [-0.39, 0.29) is 0 Å². The van der Waals surface area contributed by atoms with Crippen molar-refractivity contribution in [3.63, 3.8) is 0 Å². The van der Waals surface area contributed by atoms with Crippen LogP contribution in [0.4, 0.5) is 0 Å². The van der Waals surface area contributed by atoms with Crippen LogP contribution in [0.2, 0.25) is 0 Å². The predicted octanol–water partition coefficient (Wildman–Crippen LogP) is 2.20. The minimum atomic E-state index is 0.650. The fourth-order valence-corrected chi connectivity index (χ4v) is 1.93. The van der Waals surface area contributed by atoms with Crippen molar-refractivity contribution >= 4 is 50.9 Å². The second-order valence-corrected chi connectivity index (χ2v) is 4.07. The first kappa shape index (κ1) is 7.31. The van der Waals surface area contributed by atoms with Crippen molar-refractivity contribution in [2.45, 2.75) is 12.8 Å². The fraction of sp³-hybridized carbons (Fsp3) is 0.400. The molecule has 4 heteroatoms. The summed E-state index contributed by atoms with van der Waals surface area (Å²) >= 11 is 11.2. The number of nitrogens with zero attached hydrogens (tertiary/aromatic N) is 1. The summed E-state index contributed by atoms with van der Waals surface area (Å²) in [6.45, 7) is 0. The normalized spacial score (nSPS) is 20.0. The molecule has 0 aromatic carbocycles. The fourth-order valence-electron chi connectivity index (χ4n) is 0.496. The highest BCUT2D eigenvalue weighted by atomic mass is 32.2. The third kappa shape index (κ3) is 2.51. The van der Waals surface area contributed by atoms with E-state index < -0.39 is 0 Å². The average molecular weight is 175 g/mol. The van der Waals surface area contributed by atoms with Gasteiger partial charge in [-0.15, -0.1) is 0 Å². The molecule has 1 nitrogen and oxygen atoms in total. The van der Waals surface area contributed by atoms with Crippen LogP contribution in [0, 0.1) is 0 Å². The van der Waals surface area contributed by atoms with Crippen LogP contribution in [-0.2, 0) is 0 Å². The Hall–Kier alpha value is 0.200. The van der Waals surface area contributed by atoms with Crippen molar-refractivity contribution in [3.05, 3.63) is 0 Å². The number of thiocarbonyl (C=S) groups is 2. The highest BCUT2D eigenvalue weighted by Crippen LogP contribution is 2.15. The van der Waals surface area contributed by atoms with E-state index in [0.717, 1.165) is 17.0 Å². The summed E-state index contributed by atoms with van der Waals surface area (Å²) in [6.07, 6.45) is 3.70. The first-order chi connectivity index (χ1) is 4.29. The van der Waals surface area contributed by atoms with Crippen molar-refractivity contribution in [2.24, 2.45) is 4.99 Å². The number of rotatable bonds is 0. The molecule has 0 atom stereocenters. The van der Waals surface area contributed by atoms with Gasteiger partial charge in [-0.25, -0.2) is 4.99 Å². The van der Waals surface area contributed by atoms with Gasteiger partial charge in [-0.05, 0) is 12.8 Å². The second kappa shape index (κ2) is 3.39. The molecule has 0 unspecified atom stereocenters. The highest BCUT2D eigenvalue weighted by molar-refractivity contribution is 8.38. The molecule has 0 saturated heterocycles. The first-order valence-corrected chi connectivity index (χ1v) is 4.19. The zero-order chi connectivity index (χ0) is 6.69. The van der Waals surface area contributed by atoms with E-state index in [4.69, 9.17) is 24.4 Å². The van der Waals surface area contributed by atoms with Crippen LogP contribution in [-0.4, -0.2) is 14.7 Å². The molecule has 0 fully saturated rings. The van der Waals surface area contributed by atoms with Gasteiger partial charge in [-0.1, -0.05) is 36.2 Å². The minimum Gasteiger partial charge on any atom is -0.242 e. The quantitative estimate of drug-likeness (QED) is 0.524. The highest BCUT2D eigenvalue weighted by Gasteiger charge is 2.03. The number of aliphatic imine (C=N–C) groups is 1. The van der Waals surface area contributed by atoms with Crippen molar-refractivity contribution < 1.29 is 0 Å². The van der Waals surface area contributed by atoms with Gasteiger partial charge >= 0.3 is 0 Å². The third-order valence-electron chi connectivity index (χ3n) is 0.875. The van der Waals surface area contributed by atoms with Gasteiger partial charge in [0.2, 0.25) is 0 Å².